The first-order valence-corrected chi connectivity index (χ1v) is 17.1. The van der Waals surface area contributed by atoms with Crippen molar-refractivity contribution in [2.24, 2.45) is 0 Å². The van der Waals surface area contributed by atoms with Crippen LogP contribution in [0.15, 0.2) is 102 Å². The number of rotatable bonds is 6. The first-order chi connectivity index (χ1) is 15.7. The summed E-state index contributed by atoms with van der Waals surface area (Å²) < 4.78 is 1.34. The summed E-state index contributed by atoms with van der Waals surface area (Å²) in [6, 6.07) is 34.9. The van der Waals surface area contributed by atoms with E-state index in [0.29, 0.717) is 6.04 Å². The van der Waals surface area contributed by atoms with Crippen LogP contribution in [0.1, 0.15) is 18.5 Å². The Labute approximate surface area is 227 Å². The van der Waals surface area contributed by atoms with Gasteiger partial charge in [0.2, 0.25) is 0 Å². The molecule has 0 spiro atoms. The Morgan fingerprint density at radius 2 is 1.24 bits per heavy atom. The van der Waals surface area contributed by atoms with Gasteiger partial charge in [0.05, 0.1) is 0 Å². The van der Waals surface area contributed by atoms with Crippen molar-refractivity contribution in [3.05, 3.63) is 107 Å². The fourth-order valence-electron chi connectivity index (χ4n) is 3.82. The Morgan fingerprint density at radius 3 is 1.59 bits per heavy atom. The Hall–Kier alpha value is -1.25. The average Bonchev–Trinajstić information content (AvgIpc) is 3.47. The summed E-state index contributed by atoms with van der Waals surface area (Å²) in [6.07, 6.45) is 0. The van der Waals surface area contributed by atoms with E-state index < -0.39 is 16.0 Å². The summed E-state index contributed by atoms with van der Waals surface area (Å²) in [4.78, 5) is 2.32. The molecule has 0 aromatic heterocycles. The monoisotopic (exact) mass is 591 g/mol. The molecule has 0 saturated heterocycles. The van der Waals surface area contributed by atoms with E-state index in [1.54, 1.807) is 0 Å². The van der Waals surface area contributed by atoms with Gasteiger partial charge in [0.15, 0.2) is 0 Å². The molecule has 0 aliphatic heterocycles. The molecule has 5 heteroatoms. The normalized spacial score (nSPS) is 12.1. The first kappa shape index (κ1) is 29.0. The van der Waals surface area contributed by atoms with E-state index in [1.807, 2.05) is 30.3 Å². The maximum Gasteiger partial charge on any atom is 0.00498 e. The van der Waals surface area contributed by atoms with Crippen LogP contribution < -0.4 is 21.1 Å². The molecule has 0 radical (unpaired) electrons. The van der Waals surface area contributed by atoms with Crippen molar-refractivity contribution in [1.82, 2.24) is 4.90 Å². The zero-order valence-corrected chi connectivity index (χ0v) is 25.5. The topological polar surface area (TPSA) is 3.24 Å². The first-order valence-electron chi connectivity index (χ1n) is 11.4. The summed E-state index contributed by atoms with van der Waals surface area (Å²) in [7, 11) is 2.28. The zero-order valence-electron chi connectivity index (χ0n) is 20.9. The quantitative estimate of drug-likeness (QED) is 0.141. The molecule has 0 aliphatic carbocycles. The largest absolute Gasteiger partial charge is 0.748 e. The predicted molar refractivity (Wildman–Crippen MR) is 156 cm³/mol. The summed E-state index contributed by atoms with van der Waals surface area (Å²) in [5.41, 5.74) is 1.46. The Balaban J connectivity index is 0.000000603. The van der Waals surface area contributed by atoms with E-state index in [2.05, 4.69) is 128 Å². The fraction of sp³-hybridized carbons (Fsp3) is 0.241. The van der Waals surface area contributed by atoms with E-state index in [4.69, 9.17) is 0 Å². The minimum absolute atomic E-state index is 0. The molecule has 0 bridgehead atoms. The van der Waals surface area contributed by atoms with Gasteiger partial charge in [-0.15, -0.1) is 10.9 Å². The molecule has 1 unspecified atom stereocenters. The molecule has 0 heterocycles. The van der Waals surface area contributed by atoms with E-state index in [9.17, 15) is 0 Å². The minimum Gasteiger partial charge on any atom is -0.748 e. The molecule has 1 atom stereocenters. The molecule has 0 fully saturated rings. The van der Waals surface area contributed by atoms with E-state index >= 15 is 0 Å². The van der Waals surface area contributed by atoms with Crippen LogP contribution in [0.4, 0.5) is 0 Å². The summed E-state index contributed by atoms with van der Waals surface area (Å²) >= 11 is 4.04. The second-order valence-electron chi connectivity index (χ2n) is 9.53. The Bertz CT molecular complexity index is 1050. The second kappa shape index (κ2) is 13.2. The van der Waals surface area contributed by atoms with Crippen molar-refractivity contribution in [3.8, 4) is 0 Å². The van der Waals surface area contributed by atoms with Crippen LogP contribution in [0, 0.1) is 0 Å². The molecule has 0 N–H and O–H groups in total. The maximum atomic E-state index is 4.04. The van der Waals surface area contributed by atoms with Gasteiger partial charge in [0, 0.05) is 25.1 Å². The molecule has 1 nitrogen and oxygen atoms in total. The molecule has 0 amide bonds. The third kappa shape index (κ3) is 7.14. The van der Waals surface area contributed by atoms with Crippen LogP contribution in [-0.4, -0.2) is 27.1 Å². The molecule has 34 heavy (non-hydrogen) atoms. The van der Waals surface area contributed by atoms with Crippen molar-refractivity contribution in [2.45, 2.75) is 32.6 Å². The number of halogens is 1. The van der Waals surface area contributed by atoms with Gasteiger partial charge in [-0.3, -0.25) is 0 Å². The van der Waals surface area contributed by atoms with Gasteiger partial charge in [-0.05, 0) is 38.7 Å². The van der Waals surface area contributed by atoms with Crippen LogP contribution in [0.25, 0.3) is 0 Å². The van der Waals surface area contributed by atoms with Crippen LogP contribution >= 0.6 is 23.9 Å². The van der Waals surface area contributed by atoms with Crippen molar-refractivity contribution >= 4 is 53.0 Å². The Morgan fingerprint density at radius 1 is 0.824 bits per heavy atom. The van der Waals surface area contributed by atoms with E-state index in [-0.39, 0.29) is 17.1 Å². The average molecular weight is 592 g/mol. The van der Waals surface area contributed by atoms with Crippen LogP contribution in [0.5, 0.6) is 0 Å². The van der Waals surface area contributed by atoms with Gasteiger partial charge in [0.25, 0.3) is 0 Å². The summed E-state index contributed by atoms with van der Waals surface area (Å²) in [6.45, 7) is 9.64. The second-order valence-corrected chi connectivity index (χ2v) is 17.5. The van der Waals surface area contributed by atoms with E-state index in [0.717, 1.165) is 0 Å². The smallest absolute Gasteiger partial charge is 0.00498 e. The van der Waals surface area contributed by atoms with Crippen molar-refractivity contribution in [3.63, 3.8) is 0 Å². The van der Waals surface area contributed by atoms with Crippen LogP contribution in [-0.2, 0) is 17.1 Å². The Kier molecular flexibility index (Phi) is 11.2. The summed E-state index contributed by atoms with van der Waals surface area (Å²) in [5.74, 6) is 0. The van der Waals surface area contributed by atoms with Gasteiger partial charge in [-0.25, -0.2) is 6.07 Å². The molecule has 4 rings (SSSR count). The van der Waals surface area contributed by atoms with Crippen LogP contribution in [0.3, 0.4) is 0 Å². The van der Waals surface area contributed by atoms with Gasteiger partial charge in [0.1, 0.15) is 0 Å². The molecule has 0 aliphatic rings. The molecule has 0 saturated carbocycles. The van der Waals surface area contributed by atoms with Crippen molar-refractivity contribution in [1.29, 1.82) is 0 Å². The third-order valence-electron chi connectivity index (χ3n) is 5.86. The number of hydrogen-bond acceptors (Lipinski definition) is 1. The molecule has 4 aromatic carbocycles. The third-order valence-corrected chi connectivity index (χ3v) is 11.6. The standard InChI is InChI=1S/C24H30BrNPSi.C5H5.Fe/c1-18(26(2)3)23-21(17-22(24(23)25)28(4,5)6)27(19-13-9-7-10-14-19)20-15-11-8-12-16-20;1-2-4-5-3-1;/h7-18H,1-6H3;1-5H;/q-1;-5;. The molecular weight excluding hydrogens is 557 g/mol. The van der Waals surface area contributed by atoms with Crippen LogP contribution in [0.2, 0.25) is 19.6 Å². The van der Waals surface area contributed by atoms with E-state index in [1.165, 1.54) is 31.1 Å². The van der Waals surface area contributed by atoms with Gasteiger partial charge >= 0.3 is 0 Å². The van der Waals surface area contributed by atoms with Gasteiger partial charge in [-0.2, -0.15) is 5.19 Å². The SMILES string of the molecule is CC([c-]1c(P(c2ccccc2)c2ccccc2)cc([Si](C)(C)C)c1Br)N(C)C.[Fe].[cH-]1[cH-][cH-][cH-][cH-]1. The number of hydrogen-bond donors (Lipinski definition) is 0. The van der Waals surface area contributed by atoms with Gasteiger partial charge in [-0.1, -0.05) is 108 Å². The van der Waals surface area contributed by atoms with Crippen molar-refractivity contribution in [2.75, 3.05) is 14.1 Å². The zero-order chi connectivity index (χ0) is 24.0. The van der Waals surface area contributed by atoms with Gasteiger partial charge < -0.3 is 35.2 Å². The fourth-order valence-corrected chi connectivity index (χ4v) is 10.5. The number of benzene rings is 2. The minimum atomic E-state index is -1.47. The maximum absolute atomic E-state index is 4.04. The summed E-state index contributed by atoms with van der Waals surface area (Å²) in [5, 5.41) is 5.86. The molecule has 186 valence electrons. The molecule has 4 aromatic rings. The number of nitrogens with zero attached hydrogens (tertiary/aromatic N) is 1. The predicted octanol–water partition coefficient (Wildman–Crippen LogP) is 6.50. The molecular formula is C29H35BrFeNPSi-6. The van der Waals surface area contributed by atoms with Crippen molar-refractivity contribution < 1.29 is 17.1 Å².